The van der Waals surface area contributed by atoms with Gasteiger partial charge < -0.3 is 4.90 Å². The van der Waals surface area contributed by atoms with Gasteiger partial charge in [0, 0.05) is 23.7 Å². The monoisotopic (exact) mass is 386 g/mol. The van der Waals surface area contributed by atoms with Crippen molar-refractivity contribution in [1.29, 1.82) is 0 Å². The molecule has 29 heavy (non-hydrogen) atoms. The van der Waals surface area contributed by atoms with Gasteiger partial charge in [0.1, 0.15) is 0 Å². The van der Waals surface area contributed by atoms with Crippen LogP contribution in [0.3, 0.4) is 0 Å². The fourth-order valence-corrected chi connectivity index (χ4v) is 6.07. The zero-order valence-electron chi connectivity index (χ0n) is 16.6. The molecule has 2 aromatic heterocycles. The van der Waals surface area contributed by atoms with Crippen LogP contribution in [-0.2, 0) is 13.0 Å². The molecule has 148 valence electrons. The van der Waals surface area contributed by atoms with Crippen molar-refractivity contribution in [3.63, 3.8) is 0 Å². The molecule has 5 nitrogen and oxygen atoms in total. The minimum absolute atomic E-state index is 0.0401. The zero-order valence-corrected chi connectivity index (χ0v) is 16.6. The summed E-state index contributed by atoms with van der Waals surface area (Å²) in [6.07, 6.45) is 6.24. The molecule has 3 fully saturated rings. The Morgan fingerprint density at radius 1 is 1.03 bits per heavy atom. The fourth-order valence-electron chi connectivity index (χ4n) is 6.07. The Kier molecular flexibility index (Phi) is 4.05. The standard InChI is InChI=1S/C24H26N4O/c29-24-22-18(19-15-27-12-9-17(19)10-13-27)6-7-20-23(22)21(8-11-25-24)28(26-20)14-16-4-2-1-3-5-16/h1-5,8,11,17-19H,6-7,9-10,12-15H2/t18-,19?/m1/s1. The van der Waals surface area contributed by atoms with Crippen LogP contribution in [0.1, 0.15) is 42.0 Å². The number of benzene rings is 1. The summed E-state index contributed by atoms with van der Waals surface area (Å²) in [4.78, 5) is 20.0. The fraction of sp³-hybridized carbons (Fsp3) is 0.458. The van der Waals surface area contributed by atoms with E-state index in [-0.39, 0.29) is 5.56 Å². The Balaban J connectivity index is 1.49. The maximum atomic E-state index is 13.1. The number of aromatic nitrogens is 3. The van der Waals surface area contributed by atoms with Crippen molar-refractivity contribution in [1.82, 2.24) is 19.7 Å². The van der Waals surface area contributed by atoms with Gasteiger partial charge in [0.2, 0.25) is 0 Å². The van der Waals surface area contributed by atoms with Crippen LogP contribution < -0.4 is 5.56 Å². The third-order valence-electron chi connectivity index (χ3n) is 7.45. The zero-order chi connectivity index (χ0) is 19.4. The molecule has 0 N–H and O–H groups in total. The SMILES string of the molecule is O=c1nccc2c3c(nn2Cc2ccccc2)CC[C@H](C2CN4CCC2CC4)c13. The summed E-state index contributed by atoms with van der Waals surface area (Å²) in [5, 5.41) is 6.04. The van der Waals surface area contributed by atoms with Gasteiger partial charge in [-0.25, -0.2) is 4.98 Å². The van der Waals surface area contributed by atoms with Crippen LogP contribution >= 0.6 is 0 Å². The molecule has 0 amide bonds. The third kappa shape index (κ3) is 2.83. The van der Waals surface area contributed by atoms with E-state index in [4.69, 9.17) is 5.10 Å². The number of hydrogen-bond donors (Lipinski definition) is 0. The lowest BCUT2D eigenvalue weighted by Crippen LogP contribution is -2.50. The Labute approximate surface area is 170 Å². The van der Waals surface area contributed by atoms with Gasteiger partial charge >= 0.3 is 0 Å². The number of hydrogen-bond acceptors (Lipinski definition) is 4. The first-order chi connectivity index (χ1) is 14.3. The smallest absolute Gasteiger partial charge is 0.273 e. The molecule has 3 aliphatic heterocycles. The first-order valence-corrected chi connectivity index (χ1v) is 10.9. The van der Waals surface area contributed by atoms with Crippen LogP contribution in [0.2, 0.25) is 0 Å². The molecule has 4 aliphatic rings. The van der Waals surface area contributed by atoms with E-state index < -0.39 is 0 Å². The van der Waals surface area contributed by atoms with Crippen molar-refractivity contribution >= 4 is 10.9 Å². The van der Waals surface area contributed by atoms with Gasteiger partial charge in [-0.15, -0.1) is 0 Å². The van der Waals surface area contributed by atoms with Crippen LogP contribution in [0.25, 0.3) is 10.9 Å². The van der Waals surface area contributed by atoms with E-state index in [2.05, 4.69) is 38.8 Å². The molecule has 3 saturated heterocycles. The van der Waals surface area contributed by atoms with Gasteiger partial charge in [0.25, 0.3) is 5.56 Å². The maximum Gasteiger partial charge on any atom is 0.273 e. The largest absolute Gasteiger partial charge is 0.303 e. The lowest BCUT2D eigenvalue weighted by molar-refractivity contribution is 0.0345. The van der Waals surface area contributed by atoms with E-state index in [1.165, 1.54) is 31.5 Å². The van der Waals surface area contributed by atoms with Crippen molar-refractivity contribution < 1.29 is 0 Å². The molecule has 1 aliphatic carbocycles. The van der Waals surface area contributed by atoms with Crippen LogP contribution in [-0.4, -0.2) is 39.3 Å². The molecular weight excluding hydrogens is 360 g/mol. The quantitative estimate of drug-likeness (QED) is 0.694. The van der Waals surface area contributed by atoms with Gasteiger partial charge in [-0.05, 0) is 68.2 Å². The van der Waals surface area contributed by atoms with E-state index in [0.29, 0.717) is 11.8 Å². The molecule has 7 rings (SSSR count). The Morgan fingerprint density at radius 2 is 1.86 bits per heavy atom. The van der Waals surface area contributed by atoms with Crippen LogP contribution in [0.15, 0.2) is 47.4 Å². The second-order valence-electron chi connectivity index (χ2n) is 8.96. The van der Waals surface area contributed by atoms with Crippen LogP contribution in [0.5, 0.6) is 0 Å². The average Bonchev–Trinajstić information content (AvgIpc) is 3.00. The lowest BCUT2D eigenvalue weighted by atomic mass is 9.67. The molecule has 1 aromatic carbocycles. The van der Waals surface area contributed by atoms with Crippen molar-refractivity contribution in [3.8, 4) is 0 Å². The molecular formula is C24H26N4O. The summed E-state index contributed by atoms with van der Waals surface area (Å²) in [5.74, 6) is 1.66. The topological polar surface area (TPSA) is 51.0 Å². The molecule has 0 saturated carbocycles. The van der Waals surface area contributed by atoms with Gasteiger partial charge in [0.15, 0.2) is 0 Å². The first kappa shape index (κ1) is 17.3. The van der Waals surface area contributed by atoms with Gasteiger partial charge in [-0.3, -0.25) is 9.48 Å². The minimum atomic E-state index is -0.0401. The minimum Gasteiger partial charge on any atom is -0.303 e. The van der Waals surface area contributed by atoms with Crippen molar-refractivity contribution in [2.45, 2.75) is 38.1 Å². The van der Waals surface area contributed by atoms with Crippen molar-refractivity contribution in [2.75, 3.05) is 19.6 Å². The highest BCUT2D eigenvalue weighted by molar-refractivity contribution is 5.86. The highest BCUT2D eigenvalue weighted by Crippen LogP contribution is 2.46. The van der Waals surface area contributed by atoms with E-state index >= 15 is 0 Å². The maximum absolute atomic E-state index is 13.1. The number of nitrogens with zero attached hydrogens (tertiary/aromatic N) is 4. The second kappa shape index (κ2) is 6.77. The number of piperidine rings is 3. The summed E-state index contributed by atoms with van der Waals surface area (Å²) < 4.78 is 2.07. The molecule has 2 atom stereocenters. The Bertz CT molecular complexity index is 1110. The summed E-state index contributed by atoms with van der Waals surface area (Å²) >= 11 is 0. The third-order valence-corrected chi connectivity index (χ3v) is 7.45. The Morgan fingerprint density at radius 3 is 2.62 bits per heavy atom. The Hall–Kier alpha value is -2.53. The lowest BCUT2D eigenvalue weighted by Gasteiger charge is -2.48. The normalized spacial score (nSPS) is 28.0. The number of rotatable bonds is 3. The van der Waals surface area contributed by atoms with Gasteiger partial charge in [0.05, 0.1) is 17.8 Å². The van der Waals surface area contributed by atoms with Crippen LogP contribution in [0, 0.1) is 11.8 Å². The van der Waals surface area contributed by atoms with E-state index in [1.807, 2.05) is 12.1 Å². The summed E-state index contributed by atoms with van der Waals surface area (Å²) in [6, 6.07) is 12.4. The van der Waals surface area contributed by atoms with Gasteiger partial charge in [-0.1, -0.05) is 30.3 Å². The first-order valence-electron chi connectivity index (χ1n) is 10.9. The predicted molar refractivity (Wildman–Crippen MR) is 113 cm³/mol. The molecule has 2 bridgehead atoms. The molecule has 1 unspecified atom stereocenters. The number of fused-ring (bicyclic) bond motifs is 3. The predicted octanol–water partition coefficient (Wildman–Crippen LogP) is 3.21. The summed E-state index contributed by atoms with van der Waals surface area (Å²) in [7, 11) is 0. The molecule has 3 aromatic rings. The second-order valence-corrected chi connectivity index (χ2v) is 8.96. The summed E-state index contributed by atoms with van der Waals surface area (Å²) in [6.45, 7) is 4.32. The van der Waals surface area contributed by atoms with Gasteiger partial charge in [-0.2, -0.15) is 5.10 Å². The number of aryl methyl sites for hydroxylation is 1. The summed E-state index contributed by atoms with van der Waals surface area (Å²) in [5.41, 5.74) is 4.27. The van der Waals surface area contributed by atoms with E-state index in [1.54, 1.807) is 6.20 Å². The molecule has 0 radical (unpaired) electrons. The highest BCUT2D eigenvalue weighted by atomic mass is 16.1. The van der Waals surface area contributed by atoms with Crippen molar-refractivity contribution in [3.05, 3.63) is 69.8 Å². The van der Waals surface area contributed by atoms with Crippen molar-refractivity contribution in [2.24, 2.45) is 11.8 Å². The van der Waals surface area contributed by atoms with Crippen LogP contribution in [0.4, 0.5) is 0 Å². The van der Waals surface area contributed by atoms with E-state index in [0.717, 1.165) is 54.0 Å². The molecule has 5 heteroatoms. The average molecular weight is 386 g/mol. The van der Waals surface area contributed by atoms with E-state index in [9.17, 15) is 4.79 Å². The molecule has 0 spiro atoms. The highest BCUT2D eigenvalue weighted by Gasteiger charge is 2.42. The molecule has 5 heterocycles.